The molecule has 6 nitrogen and oxygen atoms in total. The molecular weight excluding hydrogens is 913 g/mol. The minimum absolute atomic E-state index is 0.834. The third-order valence-electron chi connectivity index (χ3n) is 15.2. The van der Waals surface area contributed by atoms with E-state index >= 15 is 0 Å². The largest absolute Gasteiger partial charge is 0.277 e. The lowest BCUT2D eigenvalue weighted by molar-refractivity contribution is 1.07. The standard InChI is InChI=1S/C69H46N6/c1-45-66(50-28-16-6-17-29-50)64(72-58-38-34-54(48-24-12-4-13-25-48)42-62(58)74-60-40-52(46-20-8-2-9-21-46)32-36-56(60)70-68(72)74)44-65(67(45)51-30-18-7-19-31-51)73-59-39-35-55(49-26-14-5-15-27-49)43-63(59)75-61-41-53(47-22-10-3-11-23-47)33-37-57(61)71-69(73)75/h2-44H,1H3. The van der Waals surface area contributed by atoms with Crippen LogP contribution in [0.5, 0.6) is 0 Å². The van der Waals surface area contributed by atoms with Crippen molar-refractivity contribution in [2.75, 3.05) is 0 Å². The van der Waals surface area contributed by atoms with Gasteiger partial charge in [-0.3, -0.25) is 17.9 Å². The summed E-state index contributed by atoms with van der Waals surface area (Å²) in [5.41, 5.74) is 25.1. The average molecular weight is 959 g/mol. The first-order valence-corrected chi connectivity index (χ1v) is 25.6. The summed E-state index contributed by atoms with van der Waals surface area (Å²) in [6.45, 7) is 2.30. The molecule has 4 aromatic heterocycles. The highest BCUT2D eigenvalue weighted by molar-refractivity contribution is 6.01. The van der Waals surface area contributed by atoms with Gasteiger partial charge in [0.1, 0.15) is 0 Å². The van der Waals surface area contributed by atoms with Gasteiger partial charge in [0, 0.05) is 11.1 Å². The number of benzene rings is 11. The monoisotopic (exact) mass is 958 g/mol. The van der Waals surface area contributed by atoms with Crippen LogP contribution >= 0.6 is 0 Å². The molecule has 0 spiro atoms. The van der Waals surface area contributed by atoms with Crippen LogP contribution in [-0.4, -0.2) is 27.9 Å². The number of aromatic nitrogens is 6. The number of rotatable bonds is 8. The van der Waals surface area contributed by atoms with Crippen LogP contribution in [0.3, 0.4) is 0 Å². The number of hydrogen-bond acceptors (Lipinski definition) is 2. The molecule has 0 atom stereocenters. The minimum Gasteiger partial charge on any atom is -0.277 e. The summed E-state index contributed by atoms with van der Waals surface area (Å²) in [6.07, 6.45) is 0. The van der Waals surface area contributed by atoms with Gasteiger partial charge in [-0.15, -0.1) is 0 Å². The van der Waals surface area contributed by atoms with Gasteiger partial charge in [0.15, 0.2) is 0 Å². The summed E-state index contributed by atoms with van der Waals surface area (Å²) in [4.78, 5) is 11.2. The highest BCUT2D eigenvalue weighted by atomic mass is 15.2. The molecule has 0 aliphatic rings. The Kier molecular flexibility index (Phi) is 9.69. The Balaban J connectivity index is 1.09. The Hall–Kier alpha value is -10.0. The Morgan fingerprint density at radius 2 is 0.547 bits per heavy atom. The van der Waals surface area contributed by atoms with Crippen LogP contribution in [0.4, 0.5) is 0 Å². The Bertz CT molecular complexity index is 4370. The van der Waals surface area contributed by atoms with E-state index in [1.165, 1.54) is 0 Å². The maximum atomic E-state index is 5.61. The lowest BCUT2D eigenvalue weighted by Gasteiger charge is -2.23. The third kappa shape index (κ3) is 6.80. The minimum atomic E-state index is 0.834. The van der Waals surface area contributed by atoms with E-state index in [1.807, 2.05) is 0 Å². The molecule has 0 saturated carbocycles. The molecule has 11 aromatic carbocycles. The summed E-state index contributed by atoms with van der Waals surface area (Å²) in [6, 6.07) is 93.9. The van der Waals surface area contributed by atoms with E-state index < -0.39 is 0 Å². The SMILES string of the molecule is Cc1c(-c2ccccc2)c(-n2c3ccc(-c4ccccc4)cc3n3c4cc(-c5ccccc5)ccc4nc23)cc(-n2c3ccc(-c4ccccc4)cc3n3c4cc(-c5ccccc5)ccc4nc23)c1-c1ccccc1. The highest BCUT2D eigenvalue weighted by Crippen LogP contribution is 2.46. The van der Waals surface area contributed by atoms with Crippen molar-refractivity contribution in [1.82, 2.24) is 27.9 Å². The van der Waals surface area contributed by atoms with Crippen LogP contribution in [0.1, 0.15) is 5.56 Å². The zero-order valence-corrected chi connectivity index (χ0v) is 41.0. The second kappa shape index (κ2) is 17.0. The number of nitrogens with zero attached hydrogens (tertiary/aromatic N) is 6. The van der Waals surface area contributed by atoms with Crippen LogP contribution in [0.15, 0.2) is 261 Å². The first-order chi connectivity index (χ1) is 37.1. The van der Waals surface area contributed by atoms with E-state index in [-0.39, 0.29) is 0 Å². The Labute approximate surface area is 432 Å². The first-order valence-electron chi connectivity index (χ1n) is 25.6. The fourth-order valence-electron chi connectivity index (χ4n) is 11.7. The van der Waals surface area contributed by atoms with Gasteiger partial charge in [-0.2, -0.15) is 0 Å². The van der Waals surface area contributed by atoms with Crippen molar-refractivity contribution in [3.63, 3.8) is 0 Å². The normalized spacial score (nSPS) is 11.8. The van der Waals surface area contributed by atoms with Crippen LogP contribution in [0.2, 0.25) is 0 Å². The predicted molar refractivity (Wildman–Crippen MR) is 310 cm³/mol. The summed E-state index contributed by atoms with van der Waals surface area (Å²) in [7, 11) is 0. The van der Waals surface area contributed by atoms with E-state index in [0.29, 0.717) is 0 Å². The quantitative estimate of drug-likeness (QED) is 0.152. The van der Waals surface area contributed by atoms with Gasteiger partial charge in [0.25, 0.3) is 0 Å². The maximum Gasteiger partial charge on any atom is 0.220 e. The summed E-state index contributed by atoms with van der Waals surface area (Å²) in [5.74, 6) is 1.67. The second-order valence-electron chi connectivity index (χ2n) is 19.5. The molecule has 4 heterocycles. The molecular formula is C69H46N6. The van der Waals surface area contributed by atoms with Crippen LogP contribution in [-0.2, 0) is 0 Å². The predicted octanol–water partition coefficient (Wildman–Crippen LogP) is 17.5. The summed E-state index contributed by atoms with van der Waals surface area (Å²) < 4.78 is 9.56. The zero-order valence-electron chi connectivity index (χ0n) is 41.0. The van der Waals surface area contributed by atoms with Gasteiger partial charge in [-0.05, 0) is 123 Å². The molecule has 6 heteroatoms. The molecule has 15 aromatic rings. The molecule has 0 N–H and O–H groups in total. The molecule has 0 radical (unpaired) electrons. The molecule has 0 unspecified atom stereocenters. The maximum absolute atomic E-state index is 5.61. The molecule has 15 rings (SSSR count). The zero-order chi connectivity index (χ0) is 49.6. The number of imidazole rings is 4. The van der Waals surface area contributed by atoms with Gasteiger partial charge in [-0.25, -0.2) is 9.97 Å². The molecule has 0 aliphatic heterocycles. The third-order valence-corrected chi connectivity index (χ3v) is 15.2. The molecule has 0 bridgehead atoms. The lowest BCUT2D eigenvalue weighted by atomic mass is 9.89. The van der Waals surface area contributed by atoms with Crippen molar-refractivity contribution in [3.05, 3.63) is 266 Å². The fraction of sp³-hybridized carbons (Fsp3) is 0.0145. The van der Waals surface area contributed by atoms with Crippen molar-refractivity contribution in [3.8, 4) is 78.1 Å². The van der Waals surface area contributed by atoms with Gasteiger partial charge in [0.05, 0.1) is 55.5 Å². The van der Waals surface area contributed by atoms with Crippen LogP contribution in [0, 0.1) is 6.92 Å². The lowest BCUT2D eigenvalue weighted by Crippen LogP contribution is -2.07. The van der Waals surface area contributed by atoms with E-state index in [4.69, 9.17) is 9.97 Å². The van der Waals surface area contributed by atoms with Crippen molar-refractivity contribution >= 4 is 55.7 Å². The van der Waals surface area contributed by atoms with Crippen molar-refractivity contribution in [1.29, 1.82) is 0 Å². The second-order valence-corrected chi connectivity index (χ2v) is 19.5. The van der Waals surface area contributed by atoms with Crippen molar-refractivity contribution < 1.29 is 0 Å². The molecule has 0 saturated heterocycles. The Morgan fingerprint density at radius 1 is 0.253 bits per heavy atom. The number of fused-ring (bicyclic) bond motifs is 10. The summed E-state index contributed by atoms with van der Waals surface area (Å²) >= 11 is 0. The van der Waals surface area contributed by atoms with Crippen LogP contribution < -0.4 is 0 Å². The van der Waals surface area contributed by atoms with Gasteiger partial charge in [-0.1, -0.05) is 206 Å². The number of hydrogen-bond donors (Lipinski definition) is 0. The molecule has 0 fully saturated rings. The van der Waals surface area contributed by atoms with Crippen LogP contribution in [0.25, 0.3) is 134 Å². The van der Waals surface area contributed by atoms with E-state index in [2.05, 4.69) is 286 Å². The summed E-state index contributed by atoms with van der Waals surface area (Å²) in [5, 5.41) is 0. The highest BCUT2D eigenvalue weighted by Gasteiger charge is 2.28. The topological polar surface area (TPSA) is 44.5 Å². The first kappa shape index (κ1) is 42.6. The van der Waals surface area contributed by atoms with Gasteiger partial charge < -0.3 is 0 Å². The average Bonchev–Trinajstić information content (AvgIpc) is 4.22. The molecule has 75 heavy (non-hydrogen) atoms. The smallest absolute Gasteiger partial charge is 0.220 e. The van der Waals surface area contributed by atoms with Gasteiger partial charge >= 0.3 is 0 Å². The van der Waals surface area contributed by atoms with E-state index in [0.717, 1.165) is 139 Å². The van der Waals surface area contributed by atoms with Crippen molar-refractivity contribution in [2.45, 2.75) is 6.92 Å². The molecule has 352 valence electrons. The van der Waals surface area contributed by atoms with E-state index in [1.54, 1.807) is 0 Å². The fourth-order valence-corrected chi connectivity index (χ4v) is 11.7. The Morgan fingerprint density at radius 3 is 0.880 bits per heavy atom. The van der Waals surface area contributed by atoms with Gasteiger partial charge in [0.2, 0.25) is 11.6 Å². The molecule has 0 aliphatic carbocycles. The van der Waals surface area contributed by atoms with E-state index in [9.17, 15) is 0 Å². The van der Waals surface area contributed by atoms with Crippen molar-refractivity contribution in [2.24, 2.45) is 0 Å². The molecule has 0 amide bonds.